The van der Waals surface area contributed by atoms with Crippen LogP contribution in [0.3, 0.4) is 0 Å². The van der Waals surface area contributed by atoms with Crippen LogP contribution < -0.4 is 5.32 Å². The Morgan fingerprint density at radius 1 is 1.16 bits per heavy atom. The molecule has 1 aliphatic carbocycles. The number of Topliss-reactive ketones (excluding diaryl/α,β-unsaturated/α-hetero) is 1. The summed E-state index contributed by atoms with van der Waals surface area (Å²) in [6.45, 7) is 3.58. The van der Waals surface area contributed by atoms with Crippen LogP contribution >= 0.6 is 0 Å². The van der Waals surface area contributed by atoms with Crippen molar-refractivity contribution in [2.75, 3.05) is 5.32 Å². The number of carbonyl (C=O) groups is 2. The highest BCUT2D eigenvalue weighted by Crippen LogP contribution is 2.43. The Hall–Kier alpha value is -1.64. The Bertz CT molecular complexity index is 470. The zero-order chi connectivity index (χ0) is 13.9. The van der Waals surface area contributed by atoms with Crippen molar-refractivity contribution in [1.29, 1.82) is 0 Å². The van der Waals surface area contributed by atoms with Gasteiger partial charge in [0.05, 0.1) is 0 Å². The van der Waals surface area contributed by atoms with Crippen molar-refractivity contribution in [3.8, 4) is 0 Å². The minimum Gasteiger partial charge on any atom is -0.326 e. The van der Waals surface area contributed by atoms with Crippen molar-refractivity contribution in [3.63, 3.8) is 0 Å². The molecule has 3 nitrogen and oxygen atoms in total. The van der Waals surface area contributed by atoms with E-state index in [0.29, 0.717) is 0 Å². The smallest absolute Gasteiger partial charge is 0.221 e. The fourth-order valence-corrected chi connectivity index (χ4v) is 3.01. The first-order valence-electron chi connectivity index (χ1n) is 7.00. The molecule has 1 amide bonds. The number of carbonyl (C=O) groups excluding carboxylic acids is 2. The molecule has 1 aliphatic rings. The summed E-state index contributed by atoms with van der Waals surface area (Å²) >= 11 is 0. The summed E-state index contributed by atoms with van der Waals surface area (Å²) in [5.41, 5.74) is 1.36. The zero-order valence-corrected chi connectivity index (χ0v) is 11.7. The van der Waals surface area contributed by atoms with Gasteiger partial charge in [-0.2, -0.15) is 0 Å². The number of hydrogen-bond acceptors (Lipinski definition) is 2. The van der Waals surface area contributed by atoms with Gasteiger partial charge in [0.15, 0.2) is 5.78 Å². The minimum absolute atomic E-state index is 0.0973. The highest BCUT2D eigenvalue weighted by atomic mass is 16.1. The number of nitrogens with one attached hydrogen (secondary N) is 1. The van der Waals surface area contributed by atoms with Crippen LogP contribution in [-0.4, -0.2) is 11.7 Å². The van der Waals surface area contributed by atoms with E-state index in [1.54, 1.807) is 12.1 Å². The van der Waals surface area contributed by atoms with Crippen LogP contribution in [0.25, 0.3) is 0 Å². The number of hydrogen-bond donors (Lipinski definition) is 1. The second-order valence-corrected chi connectivity index (χ2v) is 5.43. The van der Waals surface area contributed by atoms with Crippen molar-refractivity contribution in [1.82, 2.24) is 0 Å². The molecule has 1 aromatic carbocycles. The zero-order valence-electron chi connectivity index (χ0n) is 11.7. The van der Waals surface area contributed by atoms with E-state index in [-0.39, 0.29) is 17.1 Å². The third-order valence-electron chi connectivity index (χ3n) is 4.19. The molecule has 0 atom stereocenters. The molecule has 1 N–H and O–H groups in total. The Morgan fingerprint density at radius 2 is 1.74 bits per heavy atom. The normalized spacial score (nSPS) is 17.2. The average Bonchev–Trinajstić information content (AvgIpc) is 2.88. The maximum atomic E-state index is 12.6. The fraction of sp³-hybridized carbons (Fsp3) is 0.500. The van der Waals surface area contributed by atoms with Crippen molar-refractivity contribution >= 4 is 17.4 Å². The predicted octanol–water partition coefficient (Wildman–Crippen LogP) is 3.80. The van der Waals surface area contributed by atoms with E-state index in [4.69, 9.17) is 0 Å². The number of benzene rings is 1. The van der Waals surface area contributed by atoms with E-state index in [9.17, 15) is 9.59 Å². The Labute approximate surface area is 114 Å². The van der Waals surface area contributed by atoms with E-state index >= 15 is 0 Å². The van der Waals surface area contributed by atoms with Crippen LogP contribution in [0.2, 0.25) is 0 Å². The van der Waals surface area contributed by atoms with E-state index < -0.39 is 0 Å². The van der Waals surface area contributed by atoms with E-state index in [0.717, 1.165) is 43.4 Å². The van der Waals surface area contributed by atoms with Gasteiger partial charge in [-0.15, -0.1) is 0 Å². The van der Waals surface area contributed by atoms with E-state index in [2.05, 4.69) is 12.2 Å². The number of amides is 1. The molecule has 0 radical (unpaired) electrons. The largest absolute Gasteiger partial charge is 0.326 e. The molecule has 1 fully saturated rings. The second kappa shape index (κ2) is 5.55. The number of rotatable bonds is 4. The standard InChI is InChI=1S/C16H21NO2/c1-3-16(10-4-5-11-16)15(19)13-6-8-14(9-7-13)17-12(2)18/h6-9H,3-5,10-11H2,1-2H3,(H,17,18). The van der Waals surface area contributed by atoms with Crippen LogP contribution in [0, 0.1) is 5.41 Å². The molecule has 0 bridgehead atoms. The fourth-order valence-electron chi connectivity index (χ4n) is 3.01. The van der Waals surface area contributed by atoms with Gasteiger partial charge in [0, 0.05) is 23.6 Å². The molecular formula is C16H21NO2. The lowest BCUT2D eigenvalue weighted by Gasteiger charge is -2.25. The SMILES string of the molecule is CCC1(C(=O)c2ccc(NC(C)=O)cc2)CCCC1. The number of ketones is 1. The van der Waals surface area contributed by atoms with Crippen LogP contribution in [0.4, 0.5) is 5.69 Å². The average molecular weight is 259 g/mol. The third kappa shape index (κ3) is 2.86. The minimum atomic E-state index is -0.143. The monoisotopic (exact) mass is 259 g/mol. The number of anilines is 1. The molecule has 2 rings (SSSR count). The van der Waals surface area contributed by atoms with E-state index in [1.807, 2.05) is 12.1 Å². The lowest BCUT2D eigenvalue weighted by atomic mass is 9.76. The molecule has 1 saturated carbocycles. The van der Waals surface area contributed by atoms with Crippen molar-refractivity contribution in [2.24, 2.45) is 5.41 Å². The maximum Gasteiger partial charge on any atom is 0.221 e. The molecule has 102 valence electrons. The predicted molar refractivity (Wildman–Crippen MR) is 76.3 cm³/mol. The van der Waals surface area contributed by atoms with E-state index in [1.165, 1.54) is 6.92 Å². The van der Waals surface area contributed by atoms with Crippen LogP contribution in [0.5, 0.6) is 0 Å². The summed E-state index contributed by atoms with van der Waals surface area (Å²) in [6, 6.07) is 7.24. The Balaban J connectivity index is 2.17. The summed E-state index contributed by atoms with van der Waals surface area (Å²) in [4.78, 5) is 23.6. The lowest BCUT2D eigenvalue weighted by Crippen LogP contribution is -2.27. The molecule has 0 aliphatic heterocycles. The molecule has 0 unspecified atom stereocenters. The highest BCUT2D eigenvalue weighted by Gasteiger charge is 2.39. The Kier molecular flexibility index (Phi) is 4.03. The van der Waals surface area contributed by atoms with Gasteiger partial charge in [-0.05, 0) is 43.5 Å². The van der Waals surface area contributed by atoms with Crippen LogP contribution in [0.15, 0.2) is 24.3 Å². The van der Waals surface area contributed by atoms with Gasteiger partial charge >= 0.3 is 0 Å². The molecule has 19 heavy (non-hydrogen) atoms. The second-order valence-electron chi connectivity index (χ2n) is 5.43. The first-order valence-corrected chi connectivity index (χ1v) is 7.00. The molecule has 0 heterocycles. The van der Waals surface area contributed by atoms with Gasteiger partial charge in [0.25, 0.3) is 0 Å². The molecule has 0 aromatic heterocycles. The van der Waals surface area contributed by atoms with Crippen LogP contribution in [0.1, 0.15) is 56.3 Å². The Morgan fingerprint density at radius 3 is 2.21 bits per heavy atom. The molecule has 3 heteroatoms. The van der Waals surface area contributed by atoms with Gasteiger partial charge < -0.3 is 5.32 Å². The van der Waals surface area contributed by atoms with Crippen LogP contribution in [-0.2, 0) is 4.79 Å². The highest BCUT2D eigenvalue weighted by molar-refractivity contribution is 6.01. The first-order chi connectivity index (χ1) is 9.07. The molecule has 1 aromatic rings. The summed E-state index contributed by atoms with van der Waals surface area (Å²) in [6.07, 6.45) is 5.25. The van der Waals surface area contributed by atoms with Gasteiger partial charge in [0.2, 0.25) is 5.91 Å². The summed E-state index contributed by atoms with van der Waals surface area (Å²) in [5, 5.41) is 2.71. The van der Waals surface area contributed by atoms with Crippen molar-refractivity contribution in [2.45, 2.75) is 46.0 Å². The van der Waals surface area contributed by atoms with Crippen molar-refractivity contribution in [3.05, 3.63) is 29.8 Å². The molecular weight excluding hydrogens is 238 g/mol. The topological polar surface area (TPSA) is 46.2 Å². The maximum absolute atomic E-state index is 12.6. The van der Waals surface area contributed by atoms with Gasteiger partial charge in [-0.3, -0.25) is 9.59 Å². The summed E-state index contributed by atoms with van der Waals surface area (Å²) in [7, 11) is 0. The van der Waals surface area contributed by atoms with Gasteiger partial charge in [0.1, 0.15) is 0 Å². The molecule has 0 spiro atoms. The lowest BCUT2D eigenvalue weighted by molar-refractivity contribution is -0.114. The third-order valence-corrected chi connectivity index (χ3v) is 4.19. The first kappa shape index (κ1) is 13.8. The quantitative estimate of drug-likeness (QED) is 0.836. The molecule has 0 saturated heterocycles. The summed E-state index contributed by atoms with van der Waals surface area (Å²) in [5.74, 6) is 0.168. The van der Waals surface area contributed by atoms with Gasteiger partial charge in [-0.25, -0.2) is 0 Å². The summed E-state index contributed by atoms with van der Waals surface area (Å²) < 4.78 is 0. The van der Waals surface area contributed by atoms with Crippen molar-refractivity contribution < 1.29 is 9.59 Å². The van der Waals surface area contributed by atoms with Gasteiger partial charge in [-0.1, -0.05) is 19.8 Å².